The number of alkyl halides is 1. The quantitative estimate of drug-likeness (QED) is 0.513. The third kappa shape index (κ3) is 3.00. The molecule has 0 aromatic heterocycles. The molecule has 0 heterocycles. The fraction of sp³-hybridized carbons (Fsp3) is 0.400. The highest BCUT2D eigenvalue weighted by Gasteiger charge is 1.92. The number of aryl methyl sites for hydroxylation is 1. The zero-order valence-electron chi connectivity index (χ0n) is 7.31. The van der Waals surface area contributed by atoms with E-state index in [0.717, 1.165) is 9.52 Å². The molecule has 0 amide bonds. The van der Waals surface area contributed by atoms with Crippen molar-refractivity contribution < 1.29 is 0 Å². The highest BCUT2D eigenvalue weighted by molar-refractivity contribution is 6.33. The van der Waals surface area contributed by atoms with Crippen LogP contribution in [0.3, 0.4) is 0 Å². The number of benzene rings is 1. The van der Waals surface area contributed by atoms with Crippen molar-refractivity contribution in [1.29, 1.82) is 0 Å². The molecule has 1 aromatic rings. The lowest BCUT2D eigenvalue weighted by molar-refractivity contribution is 1.12. The van der Waals surface area contributed by atoms with Gasteiger partial charge in [-0.25, -0.2) is 0 Å². The second-order valence-corrected chi connectivity index (χ2v) is 4.28. The summed E-state index contributed by atoms with van der Waals surface area (Å²) >= 11 is 5.68. The maximum atomic E-state index is 5.68. The molecule has 0 fully saturated rings. The zero-order chi connectivity index (χ0) is 8.81. The van der Waals surface area contributed by atoms with E-state index in [2.05, 4.69) is 30.8 Å². The van der Waals surface area contributed by atoms with Crippen LogP contribution in [0.25, 0.3) is 0 Å². The van der Waals surface area contributed by atoms with Crippen LogP contribution < -0.4 is 0 Å². The molecular weight excluding hydrogens is 184 g/mol. The van der Waals surface area contributed by atoms with Gasteiger partial charge in [-0.15, -0.1) is 11.6 Å². The van der Waals surface area contributed by atoms with Crippen LogP contribution in [-0.2, 0) is 12.3 Å². The average molecular weight is 197 g/mol. The molecular formula is C10H13ClSi. The molecule has 0 saturated carbocycles. The van der Waals surface area contributed by atoms with Crippen LogP contribution in [-0.4, -0.2) is 9.52 Å². The Labute approximate surface area is 81.8 Å². The zero-order valence-corrected chi connectivity index (χ0v) is 9.06. The molecule has 2 heteroatoms. The van der Waals surface area contributed by atoms with E-state index in [9.17, 15) is 0 Å². The fourth-order valence-electron chi connectivity index (χ4n) is 1.06. The van der Waals surface area contributed by atoms with Gasteiger partial charge in [0.2, 0.25) is 0 Å². The van der Waals surface area contributed by atoms with Gasteiger partial charge < -0.3 is 0 Å². The first-order valence-electron chi connectivity index (χ1n) is 4.15. The van der Waals surface area contributed by atoms with Crippen LogP contribution in [0, 0.1) is 0 Å². The van der Waals surface area contributed by atoms with Gasteiger partial charge in [0, 0.05) is 15.4 Å². The largest absolute Gasteiger partial charge is 0.122 e. The van der Waals surface area contributed by atoms with Crippen molar-refractivity contribution in [2.45, 2.75) is 24.9 Å². The summed E-state index contributed by atoms with van der Waals surface area (Å²) in [4.78, 5) is 0. The van der Waals surface area contributed by atoms with Gasteiger partial charge in [-0.3, -0.25) is 0 Å². The van der Waals surface area contributed by atoms with E-state index in [1.807, 2.05) is 0 Å². The van der Waals surface area contributed by atoms with Crippen molar-refractivity contribution in [2.24, 2.45) is 0 Å². The number of hydrogen-bond acceptors (Lipinski definition) is 0. The Morgan fingerprint density at radius 2 is 1.75 bits per heavy atom. The Balaban J connectivity index is 2.53. The lowest BCUT2D eigenvalue weighted by Crippen LogP contribution is -1.88. The summed E-state index contributed by atoms with van der Waals surface area (Å²) in [5.74, 6) is 0.621. The van der Waals surface area contributed by atoms with Gasteiger partial charge in [-0.1, -0.05) is 36.9 Å². The van der Waals surface area contributed by atoms with E-state index >= 15 is 0 Å². The first-order chi connectivity index (χ1) is 5.86. The van der Waals surface area contributed by atoms with Crippen LogP contribution in [0.15, 0.2) is 24.3 Å². The minimum Gasteiger partial charge on any atom is -0.122 e. The van der Waals surface area contributed by atoms with Gasteiger partial charge in [0.1, 0.15) is 0 Å². The van der Waals surface area contributed by atoms with E-state index in [0.29, 0.717) is 5.88 Å². The fourth-order valence-corrected chi connectivity index (χ4v) is 1.78. The minimum absolute atomic E-state index is 0.621. The maximum absolute atomic E-state index is 5.68. The third-order valence-electron chi connectivity index (χ3n) is 1.84. The van der Waals surface area contributed by atoms with Gasteiger partial charge in [-0.05, 0) is 17.5 Å². The molecule has 0 aliphatic carbocycles. The van der Waals surface area contributed by atoms with Crippen molar-refractivity contribution in [3.63, 3.8) is 0 Å². The molecule has 0 spiro atoms. The maximum Gasteiger partial charge on any atom is 0.0474 e. The second-order valence-electron chi connectivity index (χ2n) is 2.80. The monoisotopic (exact) mass is 196 g/mol. The van der Waals surface area contributed by atoms with Gasteiger partial charge in [0.15, 0.2) is 0 Å². The Morgan fingerprint density at radius 3 is 2.25 bits per heavy atom. The molecule has 0 aliphatic heterocycles. The van der Waals surface area contributed by atoms with Crippen molar-refractivity contribution >= 4 is 21.1 Å². The third-order valence-corrected chi connectivity index (χ3v) is 2.90. The van der Waals surface area contributed by atoms with Crippen LogP contribution >= 0.6 is 11.6 Å². The molecule has 1 aromatic carbocycles. The van der Waals surface area contributed by atoms with Gasteiger partial charge in [0.05, 0.1) is 0 Å². The molecule has 0 aliphatic rings. The van der Waals surface area contributed by atoms with Gasteiger partial charge >= 0.3 is 0 Å². The van der Waals surface area contributed by atoms with Gasteiger partial charge in [-0.2, -0.15) is 0 Å². The Bertz CT molecular complexity index is 218. The molecule has 0 N–H and O–H groups in total. The Morgan fingerprint density at radius 1 is 1.17 bits per heavy atom. The van der Waals surface area contributed by atoms with Crippen molar-refractivity contribution in [3.05, 3.63) is 35.4 Å². The molecule has 2 radical (unpaired) electrons. The number of rotatable bonds is 4. The lowest BCUT2D eigenvalue weighted by Gasteiger charge is -2.00. The summed E-state index contributed by atoms with van der Waals surface area (Å²) in [6.07, 6.45) is 1.21. The molecule has 0 nitrogen and oxygen atoms in total. The molecule has 0 atom stereocenters. The van der Waals surface area contributed by atoms with E-state index in [1.165, 1.54) is 23.6 Å². The topological polar surface area (TPSA) is 0 Å². The standard InChI is InChI=1S/C10H13ClSi/c1-12-7-6-9-2-4-10(8-11)5-3-9/h2-5H,6-8H2,1H3. The Hall–Kier alpha value is -0.273. The van der Waals surface area contributed by atoms with Gasteiger partial charge in [0.25, 0.3) is 0 Å². The highest BCUT2D eigenvalue weighted by Crippen LogP contribution is 2.08. The lowest BCUT2D eigenvalue weighted by atomic mass is 10.1. The van der Waals surface area contributed by atoms with E-state index in [4.69, 9.17) is 11.6 Å². The van der Waals surface area contributed by atoms with Crippen LogP contribution in [0.2, 0.25) is 12.6 Å². The average Bonchev–Trinajstić information content (AvgIpc) is 2.15. The molecule has 0 bridgehead atoms. The summed E-state index contributed by atoms with van der Waals surface area (Å²) in [5.41, 5.74) is 2.64. The molecule has 12 heavy (non-hydrogen) atoms. The summed E-state index contributed by atoms with van der Waals surface area (Å²) in [6, 6.07) is 9.89. The van der Waals surface area contributed by atoms with Crippen LogP contribution in [0.5, 0.6) is 0 Å². The Kier molecular flexibility index (Phi) is 4.40. The predicted molar refractivity (Wildman–Crippen MR) is 56.1 cm³/mol. The highest BCUT2D eigenvalue weighted by atomic mass is 35.5. The molecule has 64 valence electrons. The molecule has 0 saturated heterocycles. The number of hydrogen-bond donors (Lipinski definition) is 0. The summed E-state index contributed by atoms with van der Waals surface area (Å²) in [7, 11) is 1.05. The predicted octanol–water partition coefficient (Wildman–Crippen LogP) is 3.14. The summed E-state index contributed by atoms with van der Waals surface area (Å²) in [5, 5.41) is 0. The van der Waals surface area contributed by atoms with Crippen LogP contribution in [0.1, 0.15) is 11.1 Å². The van der Waals surface area contributed by atoms with Crippen LogP contribution in [0.4, 0.5) is 0 Å². The van der Waals surface area contributed by atoms with E-state index in [-0.39, 0.29) is 0 Å². The SMILES string of the molecule is C[Si]CCc1ccc(CCl)cc1. The van der Waals surface area contributed by atoms with E-state index < -0.39 is 0 Å². The molecule has 1 rings (SSSR count). The first-order valence-corrected chi connectivity index (χ1v) is 6.39. The van der Waals surface area contributed by atoms with Crippen molar-refractivity contribution in [3.8, 4) is 0 Å². The van der Waals surface area contributed by atoms with Crippen molar-refractivity contribution in [1.82, 2.24) is 0 Å². The summed E-state index contributed by atoms with van der Waals surface area (Å²) in [6.45, 7) is 2.24. The number of halogens is 1. The smallest absolute Gasteiger partial charge is 0.0474 e. The normalized spacial score (nSPS) is 10.2. The summed E-state index contributed by atoms with van der Waals surface area (Å²) < 4.78 is 0. The first kappa shape index (κ1) is 9.81. The minimum atomic E-state index is 0.621. The molecule has 0 unspecified atom stereocenters. The van der Waals surface area contributed by atoms with Crippen molar-refractivity contribution in [2.75, 3.05) is 0 Å². The van der Waals surface area contributed by atoms with E-state index in [1.54, 1.807) is 0 Å². The second kappa shape index (κ2) is 5.39.